The second kappa shape index (κ2) is 19.7. The zero-order valence-electron chi connectivity index (χ0n) is 30.5. The molecule has 0 saturated heterocycles. The predicted molar refractivity (Wildman–Crippen MR) is 196 cm³/mol. The summed E-state index contributed by atoms with van der Waals surface area (Å²) in [5, 5.41) is 5.16. The normalized spacial score (nSPS) is 13.6. The molecule has 2 aromatic carbocycles. The van der Waals surface area contributed by atoms with Crippen molar-refractivity contribution < 1.29 is 51.4 Å². The maximum absolute atomic E-state index is 13.4. The molecule has 286 valence electrons. The summed E-state index contributed by atoms with van der Waals surface area (Å²) in [6.07, 6.45) is 2.63. The molecule has 2 amide bonds. The number of ether oxygens (including phenoxy) is 3. The van der Waals surface area contributed by atoms with Crippen LogP contribution in [0.4, 0.5) is 13.2 Å². The lowest BCUT2D eigenvalue weighted by atomic mass is 9.81. The molecule has 0 atom stereocenters. The third kappa shape index (κ3) is 11.0. The number of amides is 2. The molecule has 0 unspecified atom stereocenters. The van der Waals surface area contributed by atoms with E-state index < -0.39 is 53.5 Å². The Labute approximate surface area is 312 Å². The van der Waals surface area contributed by atoms with Gasteiger partial charge in [-0.25, -0.2) is 0 Å². The van der Waals surface area contributed by atoms with Crippen molar-refractivity contribution in [3.05, 3.63) is 137 Å². The van der Waals surface area contributed by atoms with Crippen LogP contribution in [-0.4, -0.2) is 62.8 Å². The van der Waals surface area contributed by atoms with Crippen molar-refractivity contribution in [1.29, 1.82) is 0 Å². The standard InChI is InChI=1S/C41H43F3N2O8/c1-6-34(46-35(47)25-29-15-12-13-20-32(29)28-16-14-19-31(22-21-28)41(42,43)44)33(37(49)45-5)23-27(4)24-36(48)54-26-40(38(50)52-7-2,39(51)53-8-3)30-17-10-9-11-18-30/h6,9-18,20-23H,1,7-8,19,24-26H2,2-5H3,(H,45,49)(H,46,47)/b27-23+,34-33-. The smallest absolute Gasteiger partial charge is 0.412 e. The molecule has 0 spiro atoms. The molecule has 2 N–H and O–H groups in total. The van der Waals surface area contributed by atoms with E-state index in [-0.39, 0.29) is 49.3 Å². The van der Waals surface area contributed by atoms with Crippen molar-refractivity contribution in [2.45, 2.75) is 51.6 Å². The Hall–Kier alpha value is -5.98. The van der Waals surface area contributed by atoms with Crippen LogP contribution in [0.5, 0.6) is 0 Å². The number of esters is 3. The van der Waals surface area contributed by atoms with Gasteiger partial charge in [0, 0.05) is 12.6 Å². The first-order valence-corrected chi connectivity index (χ1v) is 17.1. The van der Waals surface area contributed by atoms with Crippen molar-refractivity contribution >= 4 is 35.3 Å². The lowest BCUT2D eigenvalue weighted by molar-refractivity contribution is -0.170. The van der Waals surface area contributed by atoms with Gasteiger partial charge in [0.15, 0.2) is 0 Å². The number of alkyl halides is 3. The van der Waals surface area contributed by atoms with Gasteiger partial charge in [-0.15, -0.1) is 0 Å². The fraction of sp³-hybridized carbons (Fsp3) is 0.293. The van der Waals surface area contributed by atoms with Crippen LogP contribution in [0.15, 0.2) is 120 Å². The number of benzene rings is 2. The molecule has 0 aromatic heterocycles. The Morgan fingerprint density at radius 3 is 2.11 bits per heavy atom. The minimum atomic E-state index is -4.47. The van der Waals surface area contributed by atoms with Gasteiger partial charge in [0.05, 0.1) is 37.3 Å². The third-order valence-corrected chi connectivity index (χ3v) is 8.16. The Morgan fingerprint density at radius 1 is 0.889 bits per heavy atom. The fourth-order valence-electron chi connectivity index (χ4n) is 5.49. The largest absolute Gasteiger partial charge is 0.465 e. The average molecular weight is 749 g/mol. The van der Waals surface area contributed by atoms with Crippen LogP contribution in [-0.2, 0) is 50.0 Å². The molecule has 13 heteroatoms. The molecular weight excluding hydrogens is 705 g/mol. The van der Waals surface area contributed by atoms with Gasteiger partial charge in [0.1, 0.15) is 6.61 Å². The number of carbonyl (C=O) groups excluding carboxylic acids is 5. The minimum Gasteiger partial charge on any atom is -0.465 e. The van der Waals surface area contributed by atoms with E-state index in [2.05, 4.69) is 17.2 Å². The minimum absolute atomic E-state index is 0.0172. The number of hydrogen-bond acceptors (Lipinski definition) is 8. The Bertz CT molecular complexity index is 1870. The van der Waals surface area contributed by atoms with Crippen LogP contribution in [0.1, 0.15) is 50.3 Å². The van der Waals surface area contributed by atoms with Crippen molar-refractivity contribution in [3.8, 4) is 0 Å². The molecule has 0 heterocycles. The van der Waals surface area contributed by atoms with Crippen molar-refractivity contribution in [1.82, 2.24) is 10.6 Å². The summed E-state index contributed by atoms with van der Waals surface area (Å²) in [7, 11) is 1.37. The number of carbonyl (C=O) groups is 5. The highest BCUT2D eigenvalue weighted by Gasteiger charge is 2.52. The van der Waals surface area contributed by atoms with Crippen molar-refractivity contribution in [2.24, 2.45) is 0 Å². The summed E-state index contributed by atoms with van der Waals surface area (Å²) in [6, 6.07) is 14.7. The van der Waals surface area contributed by atoms with Crippen LogP contribution in [0, 0.1) is 0 Å². The second-order valence-corrected chi connectivity index (χ2v) is 12.0. The van der Waals surface area contributed by atoms with Crippen LogP contribution >= 0.6 is 0 Å². The highest BCUT2D eigenvalue weighted by Crippen LogP contribution is 2.33. The monoisotopic (exact) mass is 748 g/mol. The van der Waals surface area contributed by atoms with Gasteiger partial charge in [0.25, 0.3) is 5.91 Å². The van der Waals surface area contributed by atoms with Gasteiger partial charge in [-0.05, 0) is 61.6 Å². The molecule has 54 heavy (non-hydrogen) atoms. The number of nitrogens with one attached hydrogen (secondary N) is 2. The molecule has 10 nitrogen and oxygen atoms in total. The topological polar surface area (TPSA) is 137 Å². The highest BCUT2D eigenvalue weighted by molar-refractivity contribution is 6.07. The zero-order chi connectivity index (χ0) is 39.9. The number of likely N-dealkylation sites (N-methyl/N-ethyl adjacent to an activating group) is 1. The molecule has 1 aliphatic carbocycles. The summed E-state index contributed by atoms with van der Waals surface area (Å²) in [6.45, 7) is 7.58. The molecule has 0 aliphatic heterocycles. The predicted octanol–water partition coefficient (Wildman–Crippen LogP) is 6.31. The lowest BCUT2D eigenvalue weighted by Gasteiger charge is -2.29. The van der Waals surface area contributed by atoms with Gasteiger partial charge in [-0.1, -0.05) is 91.1 Å². The second-order valence-electron chi connectivity index (χ2n) is 12.0. The molecule has 0 radical (unpaired) electrons. The summed E-state index contributed by atoms with van der Waals surface area (Å²) >= 11 is 0. The van der Waals surface area contributed by atoms with Gasteiger partial charge in [-0.3, -0.25) is 24.0 Å². The van der Waals surface area contributed by atoms with Gasteiger partial charge >= 0.3 is 24.1 Å². The number of allylic oxidation sites excluding steroid dienone is 7. The third-order valence-electron chi connectivity index (χ3n) is 8.16. The van der Waals surface area contributed by atoms with Crippen LogP contribution in [0.3, 0.4) is 0 Å². The maximum Gasteiger partial charge on any atom is 0.412 e. The number of rotatable bonds is 16. The fourth-order valence-corrected chi connectivity index (χ4v) is 5.49. The molecular formula is C41H43F3N2O8. The zero-order valence-corrected chi connectivity index (χ0v) is 30.5. The summed E-state index contributed by atoms with van der Waals surface area (Å²) in [5.74, 6) is -3.92. The van der Waals surface area contributed by atoms with E-state index in [4.69, 9.17) is 14.2 Å². The van der Waals surface area contributed by atoms with E-state index in [0.29, 0.717) is 22.3 Å². The molecule has 0 saturated carbocycles. The van der Waals surface area contributed by atoms with E-state index in [0.717, 1.165) is 6.08 Å². The molecule has 3 rings (SSSR count). The van der Waals surface area contributed by atoms with Gasteiger partial charge < -0.3 is 24.8 Å². The Morgan fingerprint density at radius 2 is 1.52 bits per heavy atom. The van der Waals surface area contributed by atoms with E-state index in [1.807, 2.05) is 0 Å². The SMILES string of the molecule is C=C/C(NC(=O)Cc1ccccc1C1=CC=C(C(F)(F)F)CC=C1)=C(\C=C(/C)CC(=O)OCC(C(=O)OCC)(C(=O)OCC)c1ccccc1)C(=O)NC. The summed E-state index contributed by atoms with van der Waals surface area (Å²) in [4.78, 5) is 66.1. The average Bonchev–Trinajstić information content (AvgIpc) is 3.41. The molecule has 0 fully saturated rings. The molecule has 0 bridgehead atoms. The van der Waals surface area contributed by atoms with E-state index in [9.17, 15) is 37.1 Å². The lowest BCUT2D eigenvalue weighted by Crippen LogP contribution is -2.50. The van der Waals surface area contributed by atoms with Crippen LogP contribution in [0.25, 0.3) is 5.57 Å². The van der Waals surface area contributed by atoms with Crippen LogP contribution in [0.2, 0.25) is 0 Å². The first-order chi connectivity index (χ1) is 25.7. The Balaban J connectivity index is 1.86. The van der Waals surface area contributed by atoms with Crippen molar-refractivity contribution in [2.75, 3.05) is 26.9 Å². The molecule has 2 aromatic rings. The molecule has 1 aliphatic rings. The van der Waals surface area contributed by atoms with Crippen LogP contribution < -0.4 is 10.6 Å². The highest BCUT2D eigenvalue weighted by atomic mass is 19.4. The van der Waals surface area contributed by atoms with Gasteiger partial charge in [-0.2, -0.15) is 13.2 Å². The maximum atomic E-state index is 13.4. The Kier molecular flexibility index (Phi) is 15.5. The first-order valence-electron chi connectivity index (χ1n) is 17.1. The first kappa shape index (κ1) is 42.4. The summed E-state index contributed by atoms with van der Waals surface area (Å²) < 4.78 is 55.8. The van der Waals surface area contributed by atoms with E-state index >= 15 is 0 Å². The number of halogens is 3. The van der Waals surface area contributed by atoms with Gasteiger partial charge in [0.2, 0.25) is 11.3 Å². The number of hydrogen-bond donors (Lipinski definition) is 2. The van der Waals surface area contributed by atoms with Crippen molar-refractivity contribution in [3.63, 3.8) is 0 Å². The summed E-state index contributed by atoms with van der Waals surface area (Å²) in [5.41, 5.74) is -0.751. The van der Waals surface area contributed by atoms with E-state index in [1.54, 1.807) is 62.4 Å². The quantitative estimate of drug-likeness (QED) is 0.0671. The van der Waals surface area contributed by atoms with E-state index in [1.165, 1.54) is 50.4 Å².